The Morgan fingerprint density at radius 3 is 2.63 bits per heavy atom. The second-order valence-corrected chi connectivity index (χ2v) is 7.62. The van der Waals surface area contributed by atoms with Crippen molar-refractivity contribution < 1.29 is 14.5 Å². The van der Waals surface area contributed by atoms with Crippen LogP contribution in [0.15, 0.2) is 53.7 Å². The van der Waals surface area contributed by atoms with Crippen LogP contribution in [0.25, 0.3) is 0 Å². The average molecular weight is 426 g/mol. The van der Waals surface area contributed by atoms with E-state index in [1.807, 2.05) is 23.7 Å². The molecule has 0 aliphatic heterocycles. The molecule has 0 amide bonds. The maximum absolute atomic E-state index is 12.4. The van der Waals surface area contributed by atoms with Crippen molar-refractivity contribution in [2.24, 2.45) is 7.05 Å². The van der Waals surface area contributed by atoms with Crippen LogP contribution < -0.4 is 4.74 Å². The van der Waals surface area contributed by atoms with E-state index in [0.29, 0.717) is 10.7 Å². The molecule has 0 spiro atoms. The Hall–Kier alpha value is -3.20. The van der Waals surface area contributed by atoms with E-state index in [1.54, 1.807) is 13.2 Å². The number of carbonyl (C=O) groups is 1. The van der Waals surface area contributed by atoms with Crippen LogP contribution in [0, 0.1) is 10.1 Å². The summed E-state index contributed by atoms with van der Waals surface area (Å²) in [6.45, 7) is 0. The molecular formula is C21H22N4O4S. The Bertz CT molecular complexity index is 1030. The van der Waals surface area contributed by atoms with Gasteiger partial charge in [0.15, 0.2) is 10.9 Å². The Balaban J connectivity index is 1.52. The molecule has 3 rings (SSSR count). The maximum Gasteiger partial charge on any atom is 0.270 e. The molecule has 0 fully saturated rings. The summed E-state index contributed by atoms with van der Waals surface area (Å²) in [5, 5.41) is 19.9. The molecule has 0 atom stereocenters. The normalized spacial score (nSPS) is 10.7. The first-order chi connectivity index (χ1) is 14.5. The van der Waals surface area contributed by atoms with Crippen LogP contribution in [0.1, 0.15) is 28.2 Å². The number of nitro benzene ring substituents is 1. The number of rotatable bonds is 10. The Kier molecular flexibility index (Phi) is 7.18. The Labute approximate surface area is 178 Å². The third-order valence-electron chi connectivity index (χ3n) is 4.66. The molecule has 0 bridgehead atoms. The van der Waals surface area contributed by atoms with Crippen LogP contribution in [0.3, 0.4) is 0 Å². The number of hydrogen-bond donors (Lipinski definition) is 0. The number of carbonyl (C=O) groups excluding carboxylic acids is 1. The van der Waals surface area contributed by atoms with Crippen LogP contribution in [-0.2, 0) is 19.9 Å². The van der Waals surface area contributed by atoms with Crippen LogP contribution >= 0.6 is 11.8 Å². The first-order valence-electron chi connectivity index (χ1n) is 9.39. The zero-order valence-electron chi connectivity index (χ0n) is 16.8. The van der Waals surface area contributed by atoms with E-state index < -0.39 is 4.92 Å². The molecule has 0 radical (unpaired) electrons. The van der Waals surface area contributed by atoms with E-state index >= 15 is 0 Å². The minimum atomic E-state index is -0.509. The fourth-order valence-corrected chi connectivity index (χ4v) is 3.76. The van der Waals surface area contributed by atoms with Gasteiger partial charge in [-0.15, -0.1) is 10.2 Å². The highest BCUT2D eigenvalue weighted by atomic mass is 32.2. The predicted octanol–water partition coefficient (Wildman–Crippen LogP) is 3.88. The van der Waals surface area contributed by atoms with Gasteiger partial charge in [0.2, 0.25) is 0 Å². The zero-order chi connectivity index (χ0) is 21.5. The molecule has 8 nitrogen and oxygen atoms in total. The van der Waals surface area contributed by atoms with Gasteiger partial charge >= 0.3 is 0 Å². The van der Waals surface area contributed by atoms with Crippen molar-refractivity contribution in [2.75, 3.05) is 12.9 Å². The number of nitro groups is 1. The number of aromatic nitrogens is 3. The first-order valence-corrected chi connectivity index (χ1v) is 10.4. The number of aryl methyl sites for hydroxylation is 2. The second kappa shape index (κ2) is 10.0. The summed E-state index contributed by atoms with van der Waals surface area (Å²) in [4.78, 5) is 22.7. The van der Waals surface area contributed by atoms with E-state index in [4.69, 9.17) is 4.74 Å². The summed E-state index contributed by atoms with van der Waals surface area (Å²) in [5.74, 6) is 1.65. The molecule has 0 saturated carbocycles. The molecular weight excluding hydrogens is 404 g/mol. The van der Waals surface area contributed by atoms with Gasteiger partial charge in [-0.2, -0.15) is 0 Å². The number of Topliss-reactive ketones (excluding diaryl/α,β-unsaturated/α-hetero) is 1. The molecule has 0 saturated heterocycles. The maximum atomic E-state index is 12.4. The van der Waals surface area contributed by atoms with Gasteiger partial charge in [-0.25, -0.2) is 0 Å². The molecule has 2 aromatic carbocycles. The lowest BCUT2D eigenvalue weighted by molar-refractivity contribution is -0.384. The zero-order valence-corrected chi connectivity index (χ0v) is 17.6. The largest absolute Gasteiger partial charge is 0.497 e. The Morgan fingerprint density at radius 1 is 1.17 bits per heavy atom. The fraction of sp³-hybridized carbons (Fsp3) is 0.286. The quantitative estimate of drug-likeness (QED) is 0.210. The number of methoxy groups -OCH3 is 1. The van der Waals surface area contributed by atoms with E-state index in [0.717, 1.165) is 30.8 Å². The standard InChI is InChI=1S/C21H22N4O4S/c1-24-20(8-3-5-15-9-11-18(29-2)12-10-15)22-23-21(24)30-14-19(26)16-6-4-7-17(13-16)25(27)28/h4,6-7,9-13H,3,5,8,14H2,1-2H3. The number of thioether (sulfide) groups is 1. The summed E-state index contributed by atoms with van der Waals surface area (Å²) in [7, 11) is 3.53. The minimum absolute atomic E-state index is 0.0938. The molecule has 0 N–H and O–H groups in total. The van der Waals surface area contributed by atoms with Gasteiger partial charge in [-0.05, 0) is 30.5 Å². The summed E-state index contributed by atoms with van der Waals surface area (Å²) >= 11 is 1.28. The summed E-state index contributed by atoms with van der Waals surface area (Å²) in [6.07, 6.45) is 2.62. The van der Waals surface area contributed by atoms with Crippen molar-refractivity contribution in [2.45, 2.75) is 24.4 Å². The third kappa shape index (κ3) is 5.44. The number of nitrogens with zero attached hydrogens (tertiary/aromatic N) is 4. The van der Waals surface area contributed by atoms with Crippen molar-refractivity contribution >= 4 is 23.2 Å². The topological polar surface area (TPSA) is 100 Å². The van der Waals surface area contributed by atoms with Gasteiger partial charge in [-0.1, -0.05) is 36.0 Å². The third-order valence-corrected chi connectivity index (χ3v) is 5.68. The lowest BCUT2D eigenvalue weighted by Gasteiger charge is -2.05. The van der Waals surface area contributed by atoms with Gasteiger partial charge in [0.25, 0.3) is 5.69 Å². The molecule has 9 heteroatoms. The van der Waals surface area contributed by atoms with Gasteiger partial charge in [0, 0.05) is 31.2 Å². The van der Waals surface area contributed by atoms with Crippen LogP contribution in [0.5, 0.6) is 5.75 Å². The smallest absolute Gasteiger partial charge is 0.270 e. The number of non-ortho nitro benzene ring substituents is 1. The lowest BCUT2D eigenvalue weighted by atomic mass is 10.1. The molecule has 0 unspecified atom stereocenters. The van der Waals surface area contributed by atoms with Crippen molar-refractivity contribution in [3.63, 3.8) is 0 Å². The van der Waals surface area contributed by atoms with Gasteiger partial charge in [0.05, 0.1) is 17.8 Å². The van der Waals surface area contributed by atoms with Gasteiger partial charge in [-0.3, -0.25) is 14.9 Å². The molecule has 3 aromatic rings. The fourth-order valence-electron chi connectivity index (χ4n) is 2.94. The monoisotopic (exact) mass is 426 g/mol. The molecule has 156 valence electrons. The highest BCUT2D eigenvalue weighted by molar-refractivity contribution is 7.99. The highest BCUT2D eigenvalue weighted by Gasteiger charge is 2.15. The van der Waals surface area contributed by atoms with Gasteiger partial charge in [0.1, 0.15) is 11.6 Å². The Morgan fingerprint density at radius 2 is 1.93 bits per heavy atom. The summed E-state index contributed by atoms with van der Waals surface area (Å²) < 4.78 is 7.06. The number of ether oxygens (including phenoxy) is 1. The predicted molar refractivity (Wildman–Crippen MR) is 114 cm³/mol. The lowest BCUT2D eigenvalue weighted by Crippen LogP contribution is -2.05. The highest BCUT2D eigenvalue weighted by Crippen LogP contribution is 2.20. The van der Waals surface area contributed by atoms with E-state index in [2.05, 4.69) is 22.3 Å². The molecule has 0 aliphatic carbocycles. The molecule has 1 aromatic heterocycles. The van der Waals surface area contributed by atoms with Gasteiger partial charge < -0.3 is 9.30 Å². The number of hydrogen-bond acceptors (Lipinski definition) is 7. The van der Waals surface area contributed by atoms with Crippen molar-refractivity contribution in [1.82, 2.24) is 14.8 Å². The summed E-state index contributed by atoms with van der Waals surface area (Å²) in [5.41, 5.74) is 1.46. The first kappa shape index (κ1) is 21.5. The van der Waals surface area contributed by atoms with Crippen molar-refractivity contribution in [3.8, 4) is 5.75 Å². The van der Waals surface area contributed by atoms with Crippen LogP contribution in [0.2, 0.25) is 0 Å². The summed E-state index contributed by atoms with van der Waals surface area (Å²) in [6, 6.07) is 13.8. The molecule has 0 aliphatic rings. The van der Waals surface area contributed by atoms with E-state index in [-0.39, 0.29) is 17.2 Å². The average Bonchev–Trinajstić information content (AvgIpc) is 3.12. The van der Waals surface area contributed by atoms with E-state index in [1.165, 1.54) is 35.5 Å². The molecule has 30 heavy (non-hydrogen) atoms. The minimum Gasteiger partial charge on any atom is -0.497 e. The molecule has 1 heterocycles. The van der Waals surface area contributed by atoms with Crippen LogP contribution in [0.4, 0.5) is 5.69 Å². The van der Waals surface area contributed by atoms with Crippen LogP contribution in [-0.4, -0.2) is 38.3 Å². The van der Waals surface area contributed by atoms with Crippen molar-refractivity contribution in [3.05, 3.63) is 75.6 Å². The second-order valence-electron chi connectivity index (χ2n) is 6.68. The number of ketones is 1. The number of benzene rings is 2. The SMILES string of the molecule is COc1ccc(CCCc2nnc(SCC(=O)c3cccc([N+](=O)[O-])c3)n2C)cc1. The van der Waals surface area contributed by atoms with E-state index in [9.17, 15) is 14.9 Å². The van der Waals surface area contributed by atoms with Crippen molar-refractivity contribution in [1.29, 1.82) is 0 Å².